The maximum absolute atomic E-state index is 5.69. The molecular weight excluding hydrogens is 256 g/mol. The van der Waals surface area contributed by atoms with Crippen molar-refractivity contribution in [2.45, 2.75) is 32.9 Å². The molecule has 19 heavy (non-hydrogen) atoms. The first-order valence-electron chi connectivity index (χ1n) is 7.07. The molecule has 0 amide bonds. The third-order valence-corrected chi connectivity index (χ3v) is 4.23. The molecule has 2 atom stereocenters. The Labute approximate surface area is 121 Å². The molecule has 0 aromatic heterocycles. The number of hydrogen-bond acceptors (Lipinski definition) is 2. The third-order valence-electron chi connectivity index (χ3n) is 4.05. The molecule has 1 aromatic carbocycles. The molecule has 1 aromatic rings. The minimum absolute atomic E-state index is 0.529. The highest BCUT2D eigenvalue weighted by Crippen LogP contribution is 2.25. The summed E-state index contributed by atoms with van der Waals surface area (Å²) in [7, 11) is 0. The van der Waals surface area contributed by atoms with Gasteiger partial charge in [-0.25, -0.2) is 0 Å². The van der Waals surface area contributed by atoms with Crippen LogP contribution in [0.5, 0.6) is 0 Å². The lowest BCUT2D eigenvalue weighted by molar-refractivity contribution is 0.372. The van der Waals surface area contributed by atoms with Crippen LogP contribution in [-0.4, -0.2) is 19.1 Å². The van der Waals surface area contributed by atoms with E-state index in [9.17, 15) is 0 Å². The maximum Gasteiger partial charge on any atom is 0.0415 e. The standard InChI is InChI=1S/C16H23ClN2/c1-3-13(2)15-12-19(10-6-9-17)16-8-5-4-7-14(16)11-18-15/h4-9,13,15,18H,3,10-12H2,1-2H3/b9-6+. The predicted molar refractivity (Wildman–Crippen MR) is 83.7 cm³/mol. The molecule has 0 spiro atoms. The van der Waals surface area contributed by atoms with Gasteiger partial charge in [0.2, 0.25) is 0 Å². The van der Waals surface area contributed by atoms with Crippen molar-refractivity contribution >= 4 is 17.3 Å². The predicted octanol–water partition coefficient (Wildman–Crippen LogP) is 3.76. The van der Waals surface area contributed by atoms with Gasteiger partial charge in [-0.05, 0) is 17.5 Å². The van der Waals surface area contributed by atoms with E-state index in [1.807, 2.05) is 6.08 Å². The minimum atomic E-state index is 0.529. The van der Waals surface area contributed by atoms with Gasteiger partial charge in [0.1, 0.15) is 0 Å². The fraction of sp³-hybridized carbons (Fsp3) is 0.500. The van der Waals surface area contributed by atoms with Crippen LogP contribution in [0.2, 0.25) is 0 Å². The molecule has 0 radical (unpaired) electrons. The molecule has 0 aliphatic carbocycles. The van der Waals surface area contributed by atoms with E-state index in [2.05, 4.69) is 48.3 Å². The molecule has 1 aliphatic heterocycles. The van der Waals surface area contributed by atoms with Gasteiger partial charge in [0.05, 0.1) is 0 Å². The van der Waals surface area contributed by atoms with Crippen molar-refractivity contribution in [1.29, 1.82) is 0 Å². The molecular formula is C16H23ClN2. The van der Waals surface area contributed by atoms with Gasteiger partial charge in [-0.3, -0.25) is 0 Å². The van der Waals surface area contributed by atoms with Gasteiger partial charge in [0.25, 0.3) is 0 Å². The normalized spacial score (nSPS) is 21.2. The zero-order valence-electron chi connectivity index (χ0n) is 11.8. The van der Waals surface area contributed by atoms with Crippen molar-refractivity contribution < 1.29 is 0 Å². The average molecular weight is 279 g/mol. The summed E-state index contributed by atoms with van der Waals surface area (Å²) in [5.41, 5.74) is 4.31. The SMILES string of the molecule is CCC(C)C1CN(C/C=C/Cl)c2ccccc2CN1. The van der Waals surface area contributed by atoms with Gasteiger partial charge in [0, 0.05) is 36.9 Å². The second-order valence-corrected chi connectivity index (χ2v) is 5.52. The highest BCUT2D eigenvalue weighted by atomic mass is 35.5. The highest BCUT2D eigenvalue weighted by molar-refractivity contribution is 6.25. The Balaban J connectivity index is 2.24. The monoisotopic (exact) mass is 278 g/mol. The van der Waals surface area contributed by atoms with Crippen molar-refractivity contribution in [3.05, 3.63) is 41.4 Å². The number of para-hydroxylation sites is 1. The number of benzene rings is 1. The van der Waals surface area contributed by atoms with Crippen molar-refractivity contribution in [2.24, 2.45) is 5.92 Å². The number of nitrogens with one attached hydrogen (secondary N) is 1. The smallest absolute Gasteiger partial charge is 0.0415 e. The molecule has 1 N–H and O–H groups in total. The summed E-state index contributed by atoms with van der Waals surface area (Å²) in [5.74, 6) is 0.678. The Bertz CT molecular complexity index is 431. The Morgan fingerprint density at radius 2 is 2.26 bits per heavy atom. The molecule has 1 aliphatic rings. The first-order valence-corrected chi connectivity index (χ1v) is 7.51. The molecule has 0 saturated carbocycles. The van der Waals surface area contributed by atoms with Crippen LogP contribution in [0.3, 0.4) is 0 Å². The number of anilines is 1. The number of hydrogen-bond donors (Lipinski definition) is 1. The molecule has 2 unspecified atom stereocenters. The summed E-state index contributed by atoms with van der Waals surface area (Å²) in [6.07, 6.45) is 3.21. The van der Waals surface area contributed by atoms with Gasteiger partial charge in [-0.2, -0.15) is 0 Å². The van der Waals surface area contributed by atoms with Crippen LogP contribution in [0.25, 0.3) is 0 Å². The van der Waals surface area contributed by atoms with E-state index in [-0.39, 0.29) is 0 Å². The van der Waals surface area contributed by atoms with E-state index in [1.165, 1.54) is 17.7 Å². The van der Waals surface area contributed by atoms with Crippen molar-refractivity contribution in [3.8, 4) is 0 Å². The topological polar surface area (TPSA) is 15.3 Å². The molecule has 3 heteroatoms. The summed E-state index contributed by atoms with van der Waals surface area (Å²) in [6, 6.07) is 9.16. The minimum Gasteiger partial charge on any atom is -0.366 e. The Kier molecular flexibility index (Phi) is 5.29. The molecule has 0 fully saturated rings. The van der Waals surface area contributed by atoms with Crippen molar-refractivity contribution in [1.82, 2.24) is 5.32 Å². The van der Waals surface area contributed by atoms with Crippen molar-refractivity contribution in [2.75, 3.05) is 18.0 Å². The number of halogens is 1. The van der Waals surface area contributed by atoms with Crippen LogP contribution >= 0.6 is 11.6 Å². The first kappa shape index (κ1) is 14.4. The van der Waals surface area contributed by atoms with Gasteiger partial charge in [-0.1, -0.05) is 56.1 Å². The molecule has 2 rings (SSSR count). The van der Waals surface area contributed by atoms with Crippen LogP contribution in [0.1, 0.15) is 25.8 Å². The Hall–Kier alpha value is -0.990. The summed E-state index contributed by atoms with van der Waals surface area (Å²) < 4.78 is 0. The van der Waals surface area contributed by atoms with Gasteiger partial charge < -0.3 is 10.2 Å². The van der Waals surface area contributed by atoms with E-state index in [1.54, 1.807) is 5.54 Å². The summed E-state index contributed by atoms with van der Waals surface area (Å²) >= 11 is 5.69. The van der Waals surface area contributed by atoms with E-state index in [0.29, 0.717) is 12.0 Å². The lowest BCUT2D eigenvalue weighted by atomic mass is 9.99. The Morgan fingerprint density at radius 1 is 1.47 bits per heavy atom. The zero-order chi connectivity index (χ0) is 13.7. The summed E-state index contributed by atoms with van der Waals surface area (Å²) in [6.45, 7) is 7.44. The van der Waals surface area contributed by atoms with Gasteiger partial charge in [0.15, 0.2) is 0 Å². The number of fused-ring (bicyclic) bond motifs is 1. The Morgan fingerprint density at radius 3 is 3.00 bits per heavy atom. The lowest BCUT2D eigenvalue weighted by Crippen LogP contribution is -2.42. The van der Waals surface area contributed by atoms with Gasteiger partial charge in [-0.15, -0.1) is 0 Å². The number of rotatable bonds is 4. The van der Waals surface area contributed by atoms with Crippen molar-refractivity contribution in [3.63, 3.8) is 0 Å². The molecule has 0 saturated heterocycles. The summed E-state index contributed by atoms with van der Waals surface area (Å²) in [4.78, 5) is 2.42. The first-order chi connectivity index (χ1) is 9.26. The van der Waals surface area contributed by atoms with E-state index >= 15 is 0 Å². The molecule has 1 heterocycles. The maximum atomic E-state index is 5.69. The van der Waals surface area contributed by atoms with Crippen LogP contribution in [0, 0.1) is 5.92 Å². The van der Waals surface area contributed by atoms with Crippen LogP contribution < -0.4 is 10.2 Å². The van der Waals surface area contributed by atoms with Crippen LogP contribution in [0.4, 0.5) is 5.69 Å². The lowest BCUT2D eigenvalue weighted by Gasteiger charge is -2.29. The molecule has 2 nitrogen and oxygen atoms in total. The molecule has 104 valence electrons. The quantitative estimate of drug-likeness (QED) is 0.902. The number of nitrogens with zero attached hydrogens (tertiary/aromatic N) is 1. The molecule has 0 bridgehead atoms. The third kappa shape index (κ3) is 3.52. The van der Waals surface area contributed by atoms with E-state index in [4.69, 9.17) is 11.6 Å². The zero-order valence-corrected chi connectivity index (χ0v) is 12.5. The fourth-order valence-corrected chi connectivity index (χ4v) is 2.70. The fourth-order valence-electron chi connectivity index (χ4n) is 2.62. The largest absolute Gasteiger partial charge is 0.366 e. The highest BCUT2D eigenvalue weighted by Gasteiger charge is 2.23. The second-order valence-electron chi connectivity index (χ2n) is 5.27. The second kappa shape index (κ2) is 6.97. The van der Waals surface area contributed by atoms with E-state index in [0.717, 1.165) is 19.6 Å². The van der Waals surface area contributed by atoms with Crippen LogP contribution in [-0.2, 0) is 6.54 Å². The van der Waals surface area contributed by atoms with Crippen LogP contribution in [0.15, 0.2) is 35.9 Å². The van der Waals surface area contributed by atoms with E-state index < -0.39 is 0 Å². The summed E-state index contributed by atoms with van der Waals surface area (Å²) in [5, 5.41) is 3.70. The van der Waals surface area contributed by atoms with Gasteiger partial charge >= 0.3 is 0 Å². The average Bonchev–Trinajstić information content (AvgIpc) is 2.64.